The maximum Gasteiger partial charge on any atom is 0.411 e. The monoisotopic (exact) mass is 440 g/mol. The Morgan fingerprint density at radius 3 is 2.35 bits per heavy atom. The predicted molar refractivity (Wildman–Crippen MR) is 111 cm³/mol. The molecule has 0 unspecified atom stereocenters. The Hall–Kier alpha value is -3.01. The van der Waals surface area contributed by atoms with E-state index in [0.29, 0.717) is 43.3 Å². The first-order chi connectivity index (χ1) is 14.8. The second-order valence-corrected chi connectivity index (χ2v) is 6.82. The van der Waals surface area contributed by atoms with Gasteiger partial charge in [0.1, 0.15) is 6.61 Å². The van der Waals surface area contributed by atoms with Crippen LogP contribution in [0, 0.1) is 6.92 Å². The van der Waals surface area contributed by atoms with Crippen LogP contribution in [-0.2, 0) is 17.9 Å². The molecule has 0 atom stereocenters. The van der Waals surface area contributed by atoms with E-state index in [9.17, 15) is 18.0 Å². The van der Waals surface area contributed by atoms with E-state index in [1.165, 1.54) is 6.26 Å². The third kappa shape index (κ3) is 9.12. The molecule has 0 aliphatic carbocycles. The van der Waals surface area contributed by atoms with Gasteiger partial charge in [-0.15, -0.1) is 0 Å². The van der Waals surface area contributed by atoms with Crippen molar-refractivity contribution in [2.75, 3.05) is 26.7 Å². The van der Waals surface area contributed by atoms with E-state index in [-0.39, 0.29) is 12.5 Å². The average Bonchev–Trinajstić information content (AvgIpc) is 3.16. The summed E-state index contributed by atoms with van der Waals surface area (Å²) in [6, 6.07) is 8.83. The number of carbonyl (C=O) groups is 1. The molecule has 0 fully saturated rings. The molecule has 2 aromatic rings. The van der Waals surface area contributed by atoms with Crippen LogP contribution in [0.4, 0.5) is 13.2 Å². The first-order valence-electron chi connectivity index (χ1n) is 9.77. The van der Waals surface area contributed by atoms with Gasteiger partial charge < -0.3 is 25.1 Å². The number of furan rings is 1. The van der Waals surface area contributed by atoms with E-state index in [1.807, 2.05) is 19.1 Å². The van der Waals surface area contributed by atoms with Crippen LogP contribution >= 0.6 is 0 Å². The lowest BCUT2D eigenvalue weighted by atomic mass is 10.1. The number of aryl methyl sites for hydroxylation is 1. The number of hydrogen-bond acceptors (Lipinski definition) is 4. The number of halogens is 3. The quantitative estimate of drug-likeness (QED) is 0.300. The smallest absolute Gasteiger partial charge is 0.411 e. The van der Waals surface area contributed by atoms with Crippen LogP contribution in [0.3, 0.4) is 0 Å². The van der Waals surface area contributed by atoms with Crippen molar-refractivity contribution in [2.24, 2.45) is 4.99 Å². The van der Waals surface area contributed by atoms with Crippen molar-refractivity contribution in [3.05, 3.63) is 59.0 Å². The summed E-state index contributed by atoms with van der Waals surface area (Å²) in [5, 5.41) is 9.10. The third-order valence-electron chi connectivity index (χ3n) is 4.24. The highest BCUT2D eigenvalue weighted by Gasteiger charge is 2.27. The number of alkyl halides is 3. The maximum absolute atomic E-state index is 12.1. The number of benzene rings is 1. The fourth-order valence-electron chi connectivity index (χ4n) is 2.63. The van der Waals surface area contributed by atoms with Crippen molar-refractivity contribution >= 4 is 11.9 Å². The Labute approximate surface area is 179 Å². The summed E-state index contributed by atoms with van der Waals surface area (Å²) in [5.74, 6) is 0.687. The van der Waals surface area contributed by atoms with Gasteiger partial charge in [-0.1, -0.05) is 24.3 Å². The van der Waals surface area contributed by atoms with E-state index >= 15 is 0 Å². The lowest BCUT2D eigenvalue weighted by molar-refractivity contribution is -0.176. The van der Waals surface area contributed by atoms with E-state index in [1.54, 1.807) is 25.2 Å². The SMILES string of the molecule is CN=C(NCCCNC(=O)c1occc1C)NCc1ccc(COCC(F)(F)F)cc1. The largest absolute Gasteiger partial charge is 0.459 e. The molecule has 1 aromatic heterocycles. The molecule has 0 saturated carbocycles. The lowest BCUT2D eigenvalue weighted by Crippen LogP contribution is -2.38. The molecule has 1 amide bonds. The fraction of sp³-hybridized carbons (Fsp3) is 0.429. The maximum atomic E-state index is 12.1. The number of nitrogens with zero attached hydrogens (tertiary/aromatic N) is 1. The molecule has 31 heavy (non-hydrogen) atoms. The summed E-state index contributed by atoms with van der Waals surface area (Å²) in [7, 11) is 1.65. The normalized spacial score (nSPS) is 12.0. The van der Waals surface area contributed by atoms with Crippen molar-refractivity contribution < 1.29 is 27.1 Å². The molecule has 3 N–H and O–H groups in total. The molecule has 10 heteroatoms. The standard InChI is InChI=1S/C21H27F3N4O3/c1-15-8-11-31-18(15)19(29)26-9-3-10-27-20(25-2)28-12-16-4-6-17(7-5-16)13-30-14-21(22,23)24/h4-8,11H,3,9-10,12-14H2,1-2H3,(H,26,29)(H2,25,27,28). The Morgan fingerprint density at radius 1 is 1.06 bits per heavy atom. The number of guanidine groups is 1. The minimum Gasteiger partial charge on any atom is -0.459 e. The molecule has 2 rings (SSSR count). The molecule has 0 radical (unpaired) electrons. The van der Waals surface area contributed by atoms with Crippen molar-refractivity contribution in [1.82, 2.24) is 16.0 Å². The van der Waals surface area contributed by atoms with Gasteiger partial charge in [0.05, 0.1) is 12.9 Å². The fourth-order valence-corrected chi connectivity index (χ4v) is 2.63. The average molecular weight is 440 g/mol. The Morgan fingerprint density at radius 2 is 1.74 bits per heavy atom. The topological polar surface area (TPSA) is 87.9 Å². The van der Waals surface area contributed by atoms with Gasteiger partial charge in [-0.2, -0.15) is 13.2 Å². The summed E-state index contributed by atoms with van der Waals surface area (Å²) in [5.41, 5.74) is 2.41. The first-order valence-corrected chi connectivity index (χ1v) is 9.77. The van der Waals surface area contributed by atoms with Gasteiger partial charge in [0.2, 0.25) is 0 Å². The van der Waals surface area contributed by atoms with Crippen LogP contribution in [-0.4, -0.2) is 44.8 Å². The molecule has 1 aromatic carbocycles. The number of hydrogen-bond donors (Lipinski definition) is 3. The van der Waals surface area contributed by atoms with Crippen molar-refractivity contribution in [3.63, 3.8) is 0 Å². The van der Waals surface area contributed by atoms with Crippen molar-refractivity contribution in [1.29, 1.82) is 0 Å². The highest BCUT2D eigenvalue weighted by molar-refractivity contribution is 5.92. The Kier molecular flexibility index (Phi) is 9.39. The number of nitrogens with one attached hydrogen (secondary N) is 3. The summed E-state index contributed by atoms with van der Waals surface area (Å²) in [6.45, 7) is 2.05. The highest BCUT2D eigenvalue weighted by atomic mass is 19.4. The zero-order chi connectivity index (χ0) is 22.7. The number of ether oxygens (including phenoxy) is 1. The number of rotatable bonds is 10. The lowest BCUT2D eigenvalue weighted by Gasteiger charge is -2.12. The zero-order valence-electron chi connectivity index (χ0n) is 17.5. The van der Waals surface area contributed by atoms with Crippen molar-refractivity contribution in [3.8, 4) is 0 Å². The minimum atomic E-state index is -4.32. The summed E-state index contributed by atoms with van der Waals surface area (Å²) in [4.78, 5) is 16.1. The number of amides is 1. The van der Waals surface area contributed by atoms with Crippen molar-refractivity contribution in [2.45, 2.75) is 32.7 Å². The highest BCUT2D eigenvalue weighted by Crippen LogP contribution is 2.15. The second kappa shape index (κ2) is 12.0. The van der Waals surface area contributed by atoms with Crippen LogP contribution in [0.15, 0.2) is 46.0 Å². The van der Waals surface area contributed by atoms with Gasteiger partial charge in [0.15, 0.2) is 11.7 Å². The van der Waals surface area contributed by atoms with E-state index in [0.717, 1.165) is 11.1 Å². The van der Waals surface area contributed by atoms with Gasteiger partial charge in [0, 0.05) is 32.2 Å². The van der Waals surface area contributed by atoms with Gasteiger partial charge in [-0.05, 0) is 30.5 Å². The van der Waals surface area contributed by atoms with E-state index < -0.39 is 12.8 Å². The molecular formula is C21H27F3N4O3. The molecule has 1 heterocycles. The van der Waals surface area contributed by atoms with Gasteiger partial charge in [0.25, 0.3) is 5.91 Å². The van der Waals surface area contributed by atoms with Crippen LogP contribution < -0.4 is 16.0 Å². The van der Waals surface area contributed by atoms with Crippen LogP contribution in [0.5, 0.6) is 0 Å². The molecule has 0 bridgehead atoms. The van der Waals surface area contributed by atoms with Gasteiger partial charge in [-0.25, -0.2) is 0 Å². The minimum absolute atomic E-state index is 0.0908. The van der Waals surface area contributed by atoms with Crippen LogP contribution in [0.25, 0.3) is 0 Å². The van der Waals surface area contributed by atoms with Crippen LogP contribution in [0.2, 0.25) is 0 Å². The molecule has 0 aliphatic heterocycles. The molecule has 0 aliphatic rings. The summed E-state index contributed by atoms with van der Waals surface area (Å²) < 4.78 is 46.1. The third-order valence-corrected chi connectivity index (χ3v) is 4.24. The summed E-state index contributed by atoms with van der Waals surface area (Å²) in [6.07, 6.45) is -2.15. The Balaban J connectivity index is 1.63. The molecule has 0 spiro atoms. The summed E-state index contributed by atoms with van der Waals surface area (Å²) >= 11 is 0. The number of carbonyl (C=O) groups excluding carboxylic acids is 1. The van der Waals surface area contributed by atoms with E-state index in [4.69, 9.17) is 4.42 Å². The zero-order valence-corrected chi connectivity index (χ0v) is 17.5. The molecule has 7 nitrogen and oxygen atoms in total. The van der Waals surface area contributed by atoms with Crippen LogP contribution in [0.1, 0.15) is 33.7 Å². The predicted octanol–water partition coefficient (Wildman–Crippen LogP) is 3.15. The number of aliphatic imine (C=N–C) groups is 1. The molecular weight excluding hydrogens is 413 g/mol. The van der Waals surface area contributed by atoms with Gasteiger partial charge >= 0.3 is 6.18 Å². The Bertz CT molecular complexity index is 848. The molecule has 170 valence electrons. The van der Waals surface area contributed by atoms with Gasteiger partial charge in [-0.3, -0.25) is 9.79 Å². The second-order valence-electron chi connectivity index (χ2n) is 6.82. The van der Waals surface area contributed by atoms with E-state index in [2.05, 4.69) is 25.7 Å². The first kappa shape index (κ1) is 24.3. The molecule has 0 saturated heterocycles.